The van der Waals surface area contributed by atoms with Gasteiger partial charge in [-0.2, -0.15) is 13.2 Å². The number of thioether (sulfide) groups is 1. The number of aromatic amines is 1. The van der Waals surface area contributed by atoms with Gasteiger partial charge in [0.25, 0.3) is 5.56 Å². The van der Waals surface area contributed by atoms with Gasteiger partial charge in [0, 0.05) is 18.4 Å². The molecular formula is C20H25F3N2O6S. The molecule has 0 aliphatic carbocycles. The summed E-state index contributed by atoms with van der Waals surface area (Å²) >= 11 is 1.02. The molecule has 1 fully saturated rings. The summed E-state index contributed by atoms with van der Waals surface area (Å²) in [5.41, 5.74) is -4.15. The van der Waals surface area contributed by atoms with Gasteiger partial charge in [0.15, 0.2) is 0 Å². The quantitative estimate of drug-likeness (QED) is 0.331. The fourth-order valence-corrected chi connectivity index (χ4v) is 3.72. The van der Waals surface area contributed by atoms with E-state index in [0.29, 0.717) is 22.4 Å². The minimum absolute atomic E-state index is 0.0331. The van der Waals surface area contributed by atoms with Crippen LogP contribution in [0.2, 0.25) is 0 Å². The maximum atomic E-state index is 13.1. The number of nitrogens with one attached hydrogen (secondary N) is 1. The minimum atomic E-state index is -4.96. The first-order valence-corrected chi connectivity index (χ1v) is 10.9. The highest BCUT2D eigenvalue weighted by atomic mass is 32.2. The molecule has 1 saturated heterocycles. The lowest BCUT2D eigenvalue weighted by Crippen LogP contribution is -2.36. The van der Waals surface area contributed by atoms with Crippen molar-refractivity contribution in [2.75, 3.05) is 19.0 Å². The van der Waals surface area contributed by atoms with Crippen LogP contribution in [0.25, 0.3) is 0 Å². The molecule has 0 unspecified atom stereocenters. The van der Waals surface area contributed by atoms with Crippen LogP contribution in [0, 0.1) is 18.3 Å². The van der Waals surface area contributed by atoms with Crippen LogP contribution in [0.15, 0.2) is 15.8 Å². The third-order valence-corrected chi connectivity index (χ3v) is 5.50. The molecule has 1 aliphatic rings. The Balaban J connectivity index is 2.07. The number of terminal acetylenes is 1. The first-order valence-electron chi connectivity index (χ1n) is 9.95. The van der Waals surface area contributed by atoms with E-state index in [0.717, 1.165) is 24.6 Å². The van der Waals surface area contributed by atoms with E-state index in [-0.39, 0.29) is 19.6 Å². The second-order valence-corrected chi connectivity index (χ2v) is 8.60. The molecule has 0 saturated carbocycles. The van der Waals surface area contributed by atoms with Gasteiger partial charge in [0.1, 0.15) is 31.1 Å². The zero-order valence-electron chi connectivity index (χ0n) is 17.6. The fraction of sp³-hybridized carbons (Fsp3) is 0.650. The van der Waals surface area contributed by atoms with E-state index in [1.165, 1.54) is 0 Å². The molecule has 1 aliphatic heterocycles. The molecule has 32 heavy (non-hydrogen) atoms. The summed E-state index contributed by atoms with van der Waals surface area (Å²) in [6.07, 6.45) is -0.331. The molecule has 0 bridgehead atoms. The van der Waals surface area contributed by atoms with Gasteiger partial charge in [-0.3, -0.25) is 14.3 Å². The van der Waals surface area contributed by atoms with Crippen LogP contribution in [-0.2, 0) is 20.4 Å². The number of aromatic nitrogens is 2. The van der Waals surface area contributed by atoms with Gasteiger partial charge in [0.2, 0.25) is 0 Å². The van der Waals surface area contributed by atoms with Gasteiger partial charge in [-0.15, -0.1) is 6.42 Å². The zero-order chi connectivity index (χ0) is 23.9. The van der Waals surface area contributed by atoms with Crippen molar-refractivity contribution in [1.29, 1.82) is 0 Å². The number of carbonyl (C=O) groups excluding carboxylic acids is 1. The summed E-state index contributed by atoms with van der Waals surface area (Å²) in [6, 6.07) is 0. The van der Waals surface area contributed by atoms with Gasteiger partial charge in [-0.1, -0.05) is 26.2 Å². The van der Waals surface area contributed by atoms with E-state index >= 15 is 0 Å². The number of rotatable bonds is 9. The molecule has 178 valence electrons. The number of H-pyrrole nitrogens is 1. The molecule has 1 N–H and O–H groups in total. The van der Waals surface area contributed by atoms with Crippen LogP contribution in [0.3, 0.4) is 0 Å². The van der Waals surface area contributed by atoms with Crippen molar-refractivity contribution in [3.8, 4) is 12.3 Å². The molecule has 3 atom stereocenters. The standard InChI is InChI=1S/C20H25F3N2O6S/c1-4-7-29-14-9-16(25-10-13(20(21,22)23)17(26)24-18(25)27)31-15(14)11-30-19(28)32-8-5-6-12(2)3/h1,10,12,14-16H,5-9,11H2,2-3H3,(H,24,26,27)/t14-,15+,16+/m0/s1. The molecule has 0 radical (unpaired) electrons. The smallest absolute Gasteiger partial charge is 0.423 e. The number of ether oxygens (including phenoxy) is 3. The van der Waals surface area contributed by atoms with Crippen molar-refractivity contribution in [3.05, 3.63) is 32.6 Å². The van der Waals surface area contributed by atoms with E-state index in [1.54, 1.807) is 4.98 Å². The summed E-state index contributed by atoms with van der Waals surface area (Å²) in [7, 11) is 0. The van der Waals surface area contributed by atoms with Crippen molar-refractivity contribution in [1.82, 2.24) is 9.55 Å². The summed E-state index contributed by atoms with van der Waals surface area (Å²) < 4.78 is 56.1. The number of halogens is 3. The lowest BCUT2D eigenvalue weighted by molar-refractivity contribution is -0.139. The molecule has 1 aromatic rings. The van der Waals surface area contributed by atoms with Crippen molar-refractivity contribution < 1.29 is 32.2 Å². The second-order valence-electron chi connectivity index (χ2n) is 7.57. The van der Waals surface area contributed by atoms with Crippen LogP contribution in [0.4, 0.5) is 18.0 Å². The predicted octanol–water partition coefficient (Wildman–Crippen LogP) is 3.17. The molecule has 0 aromatic carbocycles. The lowest BCUT2D eigenvalue weighted by Gasteiger charge is -2.18. The lowest BCUT2D eigenvalue weighted by atomic mass is 10.1. The van der Waals surface area contributed by atoms with Crippen LogP contribution in [0.1, 0.15) is 44.9 Å². The SMILES string of the molecule is C#CCO[C@H]1C[C@H](n2cc(C(F)(F)F)c(=O)[nH]c2=O)O[C@@H]1COC(=O)SCCCC(C)C. The van der Waals surface area contributed by atoms with Crippen LogP contribution < -0.4 is 11.2 Å². The Morgan fingerprint density at radius 1 is 1.44 bits per heavy atom. The zero-order valence-corrected chi connectivity index (χ0v) is 18.5. The van der Waals surface area contributed by atoms with Crippen molar-refractivity contribution in [2.24, 2.45) is 5.92 Å². The first-order chi connectivity index (χ1) is 15.0. The molecular weight excluding hydrogens is 453 g/mol. The van der Waals surface area contributed by atoms with Gasteiger partial charge in [0.05, 0.1) is 6.10 Å². The summed E-state index contributed by atoms with van der Waals surface area (Å²) in [5, 5.41) is -0.517. The Labute approximate surface area is 186 Å². The van der Waals surface area contributed by atoms with E-state index in [9.17, 15) is 27.6 Å². The second kappa shape index (κ2) is 11.6. The largest absolute Gasteiger partial charge is 0.455 e. The normalized spacial score (nSPS) is 21.0. The fourth-order valence-electron chi connectivity index (χ4n) is 3.09. The van der Waals surface area contributed by atoms with Gasteiger partial charge >= 0.3 is 17.2 Å². The highest BCUT2D eigenvalue weighted by Gasteiger charge is 2.40. The third-order valence-electron chi connectivity index (χ3n) is 4.66. The van der Waals surface area contributed by atoms with Gasteiger partial charge < -0.3 is 14.2 Å². The summed E-state index contributed by atoms with van der Waals surface area (Å²) in [5.74, 6) is 3.39. The average molecular weight is 478 g/mol. The average Bonchev–Trinajstić information content (AvgIpc) is 3.09. The number of nitrogens with zero attached hydrogens (tertiary/aromatic N) is 1. The molecule has 1 aromatic heterocycles. The highest BCUT2D eigenvalue weighted by Crippen LogP contribution is 2.32. The maximum absolute atomic E-state index is 13.1. The summed E-state index contributed by atoms with van der Waals surface area (Å²) in [4.78, 5) is 37.2. The predicted molar refractivity (Wildman–Crippen MR) is 111 cm³/mol. The van der Waals surface area contributed by atoms with Crippen LogP contribution in [0.5, 0.6) is 0 Å². The van der Waals surface area contributed by atoms with E-state index in [1.807, 2.05) is 0 Å². The van der Waals surface area contributed by atoms with Crippen LogP contribution >= 0.6 is 11.8 Å². The number of hydrogen-bond acceptors (Lipinski definition) is 7. The van der Waals surface area contributed by atoms with Crippen molar-refractivity contribution in [3.63, 3.8) is 0 Å². The van der Waals surface area contributed by atoms with Crippen molar-refractivity contribution in [2.45, 2.75) is 57.7 Å². The van der Waals surface area contributed by atoms with Crippen LogP contribution in [-0.4, -0.2) is 46.0 Å². The minimum Gasteiger partial charge on any atom is -0.455 e. The molecule has 12 heteroatoms. The first kappa shape index (κ1) is 26.0. The van der Waals surface area contributed by atoms with Gasteiger partial charge in [-0.05, 0) is 24.1 Å². The van der Waals surface area contributed by atoms with Crippen molar-refractivity contribution >= 4 is 17.1 Å². The number of carbonyl (C=O) groups is 1. The number of alkyl halides is 3. The monoisotopic (exact) mass is 478 g/mol. The maximum Gasteiger partial charge on any atom is 0.423 e. The van der Waals surface area contributed by atoms with Gasteiger partial charge in [-0.25, -0.2) is 9.59 Å². The third kappa shape index (κ3) is 7.43. The molecule has 0 spiro atoms. The Hall–Kier alpha value is -2.23. The molecule has 2 rings (SSSR count). The topological polar surface area (TPSA) is 99.6 Å². The molecule has 2 heterocycles. The van der Waals surface area contributed by atoms with E-state index < -0.39 is 46.7 Å². The number of hydrogen-bond donors (Lipinski definition) is 1. The molecule has 0 amide bonds. The Bertz CT molecular complexity index is 937. The van der Waals surface area contributed by atoms with E-state index in [2.05, 4.69) is 19.8 Å². The highest BCUT2D eigenvalue weighted by molar-refractivity contribution is 8.13. The molecule has 8 nitrogen and oxygen atoms in total. The summed E-state index contributed by atoms with van der Waals surface area (Å²) in [6.45, 7) is 3.83. The Morgan fingerprint density at radius 2 is 2.16 bits per heavy atom. The Kier molecular flexibility index (Phi) is 9.42. The Morgan fingerprint density at radius 3 is 2.78 bits per heavy atom. The van der Waals surface area contributed by atoms with E-state index in [4.69, 9.17) is 20.6 Å².